The smallest absolute Gasteiger partial charge is 0.243 e. The third kappa shape index (κ3) is 3.62. The molecule has 0 spiro atoms. The van der Waals surface area contributed by atoms with Gasteiger partial charge in [0.15, 0.2) is 0 Å². The van der Waals surface area contributed by atoms with E-state index in [2.05, 4.69) is 5.32 Å². The fourth-order valence-corrected chi connectivity index (χ4v) is 4.20. The summed E-state index contributed by atoms with van der Waals surface area (Å²) in [6.07, 6.45) is 4.33. The zero-order valence-electron chi connectivity index (χ0n) is 12.0. The number of sulfonamides is 1. The van der Waals surface area contributed by atoms with Crippen LogP contribution in [0.2, 0.25) is 0 Å². The maximum Gasteiger partial charge on any atom is 0.243 e. The summed E-state index contributed by atoms with van der Waals surface area (Å²) in [5, 5.41) is 3.51. The zero-order chi connectivity index (χ0) is 14.9. The van der Waals surface area contributed by atoms with Crippen molar-refractivity contribution in [1.29, 1.82) is 0 Å². The van der Waals surface area contributed by atoms with Crippen molar-refractivity contribution in [2.75, 3.05) is 19.6 Å². The van der Waals surface area contributed by atoms with Gasteiger partial charge in [0.25, 0.3) is 0 Å². The summed E-state index contributed by atoms with van der Waals surface area (Å²) < 4.78 is 39.4. The molecule has 1 heterocycles. The lowest BCUT2D eigenvalue weighted by Crippen LogP contribution is -2.41. The SMILES string of the molecule is O=S(=O)(c1ccc(F)cc1)N1CCC(CNC2CC2)CC1. The summed E-state index contributed by atoms with van der Waals surface area (Å²) in [7, 11) is -3.47. The van der Waals surface area contributed by atoms with Crippen molar-refractivity contribution < 1.29 is 12.8 Å². The number of benzene rings is 1. The topological polar surface area (TPSA) is 49.4 Å². The number of rotatable bonds is 5. The summed E-state index contributed by atoms with van der Waals surface area (Å²) in [5.74, 6) is 0.143. The van der Waals surface area contributed by atoms with Gasteiger partial charge in [-0.05, 0) is 62.4 Å². The third-order valence-corrected chi connectivity index (χ3v) is 6.21. The molecule has 2 aliphatic rings. The molecule has 0 bridgehead atoms. The van der Waals surface area contributed by atoms with E-state index >= 15 is 0 Å². The number of nitrogens with zero attached hydrogens (tertiary/aromatic N) is 1. The standard InChI is InChI=1S/C15H21FN2O2S/c16-13-1-5-15(6-2-13)21(19,20)18-9-7-12(8-10-18)11-17-14-3-4-14/h1-2,5-6,12,14,17H,3-4,7-11H2. The maximum atomic E-state index is 12.9. The minimum absolute atomic E-state index is 0.179. The average Bonchev–Trinajstić information content (AvgIpc) is 3.30. The summed E-state index contributed by atoms with van der Waals surface area (Å²) in [6.45, 7) is 2.10. The Labute approximate surface area is 125 Å². The molecule has 1 aromatic carbocycles. The quantitative estimate of drug-likeness (QED) is 0.904. The molecule has 1 N–H and O–H groups in total. The normalized spacial score (nSPS) is 21.6. The van der Waals surface area contributed by atoms with Crippen molar-refractivity contribution in [2.45, 2.75) is 36.6 Å². The fraction of sp³-hybridized carbons (Fsp3) is 0.600. The lowest BCUT2D eigenvalue weighted by atomic mass is 9.98. The first-order valence-electron chi connectivity index (χ1n) is 7.55. The summed E-state index contributed by atoms with van der Waals surface area (Å²) in [5.41, 5.74) is 0. The number of hydrogen-bond acceptors (Lipinski definition) is 3. The Balaban J connectivity index is 1.58. The average molecular weight is 312 g/mol. The summed E-state index contributed by atoms with van der Waals surface area (Å²) in [4.78, 5) is 0.179. The van der Waals surface area contributed by atoms with Crippen LogP contribution in [0.4, 0.5) is 4.39 Å². The highest BCUT2D eigenvalue weighted by Crippen LogP contribution is 2.25. The van der Waals surface area contributed by atoms with Crippen LogP contribution < -0.4 is 5.32 Å². The van der Waals surface area contributed by atoms with Crippen molar-refractivity contribution in [2.24, 2.45) is 5.92 Å². The number of piperidine rings is 1. The second-order valence-electron chi connectivity index (χ2n) is 5.98. The Kier molecular flexibility index (Phi) is 4.28. The molecule has 3 rings (SSSR count). The second-order valence-corrected chi connectivity index (χ2v) is 7.92. The molecule has 1 aliphatic carbocycles. The van der Waals surface area contributed by atoms with E-state index in [0.29, 0.717) is 25.0 Å². The van der Waals surface area contributed by atoms with Gasteiger partial charge in [-0.2, -0.15) is 4.31 Å². The molecule has 1 aromatic rings. The molecule has 0 radical (unpaired) electrons. The molecule has 1 saturated heterocycles. The fourth-order valence-electron chi connectivity index (χ4n) is 2.73. The van der Waals surface area contributed by atoms with Gasteiger partial charge in [0, 0.05) is 19.1 Å². The van der Waals surface area contributed by atoms with Crippen LogP contribution in [-0.4, -0.2) is 38.4 Å². The van der Waals surface area contributed by atoms with Gasteiger partial charge in [-0.3, -0.25) is 0 Å². The molecule has 21 heavy (non-hydrogen) atoms. The molecule has 116 valence electrons. The van der Waals surface area contributed by atoms with Crippen LogP contribution in [0.3, 0.4) is 0 Å². The predicted octanol–water partition coefficient (Wildman–Crippen LogP) is 1.98. The molecule has 6 heteroatoms. The maximum absolute atomic E-state index is 12.9. The minimum atomic E-state index is -3.47. The van der Waals surface area contributed by atoms with Crippen LogP contribution in [0.25, 0.3) is 0 Å². The highest BCUT2D eigenvalue weighted by atomic mass is 32.2. The molecule has 4 nitrogen and oxygen atoms in total. The Bertz CT molecular complexity index is 576. The van der Waals surface area contributed by atoms with Crippen LogP contribution in [0.5, 0.6) is 0 Å². The first kappa shape index (κ1) is 14.9. The van der Waals surface area contributed by atoms with Crippen LogP contribution in [-0.2, 0) is 10.0 Å². The van der Waals surface area contributed by atoms with Crippen molar-refractivity contribution in [3.05, 3.63) is 30.1 Å². The van der Waals surface area contributed by atoms with Crippen molar-refractivity contribution in [1.82, 2.24) is 9.62 Å². The molecule has 1 aliphatic heterocycles. The van der Waals surface area contributed by atoms with E-state index in [0.717, 1.165) is 19.4 Å². The van der Waals surface area contributed by atoms with Crippen LogP contribution >= 0.6 is 0 Å². The minimum Gasteiger partial charge on any atom is -0.314 e. The highest BCUT2D eigenvalue weighted by Gasteiger charge is 2.30. The number of nitrogens with one attached hydrogen (secondary N) is 1. The second kappa shape index (κ2) is 6.02. The van der Waals surface area contributed by atoms with E-state index in [1.807, 2.05) is 0 Å². The number of hydrogen-bond donors (Lipinski definition) is 1. The van der Waals surface area contributed by atoms with Crippen LogP contribution in [0.15, 0.2) is 29.2 Å². The Morgan fingerprint density at radius 1 is 1.10 bits per heavy atom. The molecule has 0 amide bonds. The zero-order valence-corrected chi connectivity index (χ0v) is 12.8. The van der Waals surface area contributed by atoms with E-state index in [9.17, 15) is 12.8 Å². The summed E-state index contributed by atoms with van der Waals surface area (Å²) in [6, 6.07) is 5.76. The molecule has 0 aromatic heterocycles. The van der Waals surface area contributed by atoms with Gasteiger partial charge in [0.05, 0.1) is 4.90 Å². The Morgan fingerprint density at radius 3 is 2.29 bits per heavy atom. The number of halogens is 1. The lowest BCUT2D eigenvalue weighted by molar-refractivity contribution is 0.267. The van der Waals surface area contributed by atoms with Crippen molar-refractivity contribution in [3.8, 4) is 0 Å². The largest absolute Gasteiger partial charge is 0.314 e. The molecule has 0 unspecified atom stereocenters. The van der Waals surface area contributed by atoms with E-state index in [1.165, 1.54) is 41.4 Å². The van der Waals surface area contributed by atoms with Gasteiger partial charge >= 0.3 is 0 Å². The van der Waals surface area contributed by atoms with Gasteiger partial charge in [-0.1, -0.05) is 0 Å². The van der Waals surface area contributed by atoms with Gasteiger partial charge in [-0.15, -0.1) is 0 Å². The Hall–Kier alpha value is -0.980. The molecule has 1 saturated carbocycles. The van der Waals surface area contributed by atoms with Crippen LogP contribution in [0, 0.1) is 11.7 Å². The van der Waals surface area contributed by atoms with Crippen molar-refractivity contribution >= 4 is 10.0 Å². The third-order valence-electron chi connectivity index (χ3n) is 4.30. The Morgan fingerprint density at radius 2 is 1.71 bits per heavy atom. The first-order chi connectivity index (χ1) is 10.1. The molecule has 0 atom stereocenters. The van der Waals surface area contributed by atoms with Gasteiger partial charge in [-0.25, -0.2) is 12.8 Å². The van der Waals surface area contributed by atoms with Gasteiger partial charge in [0.2, 0.25) is 10.0 Å². The first-order valence-corrected chi connectivity index (χ1v) is 8.99. The van der Waals surface area contributed by atoms with Crippen molar-refractivity contribution in [3.63, 3.8) is 0 Å². The van der Waals surface area contributed by atoms with E-state index in [4.69, 9.17) is 0 Å². The van der Waals surface area contributed by atoms with Gasteiger partial charge < -0.3 is 5.32 Å². The summed E-state index contributed by atoms with van der Waals surface area (Å²) >= 11 is 0. The van der Waals surface area contributed by atoms with Crippen LogP contribution in [0.1, 0.15) is 25.7 Å². The monoisotopic (exact) mass is 312 g/mol. The predicted molar refractivity (Wildman–Crippen MR) is 78.9 cm³/mol. The van der Waals surface area contributed by atoms with E-state index in [-0.39, 0.29) is 4.90 Å². The molecule has 2 fully saturated rings. The van der Waals surface area contributed by atoms with E-state index < -0.39 is 15.8 Å². The highest BCUT2D eigenvalue weighted by molar-refractivity contribution is 7.89. The van der Waals surface area contributed by atoms with Gasteiger partial charge in [0.1, 0.15) is 5.82 Å². The lowest BCUT2D eigenvalue weighted by Gasteiger charge is -2.31. The molecular weight excluding hydrogens is 291 g/mol. The molecular formula is C15H21FN2O2S. The van der Waals surface area contributed by atoms with E-state index in [1.54, 1.807) is 0 Å².